The first-order chi connectivity index (χ1) is 20.7. The second-order valence-electron chi connectivity index (χ2n) is 10.9. The van der Waals surface area contributed by atoms with E-state index < -0.39 is 0 Å². The number of allylic oxidation sites excluding steroid dienone is 4. The second-order valence-corrected chi connectivity index (χ2v) is 10.9. The molecule has 1 aliphatic carbocycles. The van der Waals surface area contributed by atoms with Gasteiger partial charge in [-0.05, 0) is 70.1 Å². The van der Waals surface area contributed by atoms with Gasteiger partial charge in [0.15, 0.2) is 17.5 Å². The van der Waals surface area contributed by atoms with Crippen LogP contribution in [0.25, 0.3) is 72.3 Å². The van der Waals surface area contributed by atoms with E-state index in [2.05, 4.69) is 109 Å². The van der Waals surface area contributed by atoms with E-state index in [1.807, 2.05) is 18.2 Å². The maximum absolute atomic E-state index is 5.92. The second kappa shape index (κ2) is 9.89. The van der Waals surface area contributed by atoms with Gasteiger partial charge in [-0.3, -0.25) is 0 Å². The number of hydrogen-bond acceptors (Lipinski definition) is 5. The monoisotopic (exact) mass is 542 g/mol. The van der Waals surface area contributed by atoms with Crippen molar-refractivity contribution in [1.82, 2.24) is 19.9 Å². The third kappa shape index (κ3) is 4.36. The molecule has 3 heterocycles. The number of pyridine rings is 1. The third-order valence-electron chi connectivity index (χ3n) is 7.93. The van der Waals surface area contributed by atoms with Gasteiger partial charge in [0.05, 0.1) is 0 Å². The Morgan fingerprint density at radius 3 is 2.24 bits per heavy atom. The van der Waals surface area contributed by atoms with E-state index in [1.165, 1.54) is 5.39 Å². The van der Waals surface area contributed by atoms with Crippen molar-refractivity contribution in [3.8, 4) is 33.9 Å². The van der Waals surface area contributed by atoms with E-state index in [0.717, 1.165) is 61.8 Å². The van der Waals surface area contributed by atoms with Gasteiger partial charge in [0.1, 0.15) is 5.58 Å². The quantitative estimate of drug-likeness (QED) is 0.222. The van der Waals surface area contributed by atoms with Crippen LogP contribution >= 0.6 is 0 Å². The first-order valence-corrected chi connectivity index (χ1v) is 14.2. The Hall–Kier alpha value is -5.42. The molecule has 5 nitrogen and oxygen atoms in total. The lowest BCUT2D eigenvalue weighted by Gasteiger charge is -2.15. The van der Waals surface area contributed by atoms with Crippen molar-refractivity contribution in [2.45, 2.75) is 13.3 Å². The molecule has 0 N–H and O–H groups in total. The highest BCUT2D eigenvalue weighted by Gasteiger charge is 2.17. The van der Waals surface area contributed by atoms with Gasteiger partial charge in [-0.25, -0.2) is 19.9 Å². The summed E-state index contributed by atoms with van der Waals surface area (Å²) in [4.78, 5) is 19.3. The zero-order chi connectivity index (χ0) is 28.0. The van der Waals surface area contributed by atoms with Gasteiger partial charge in [-0.15, -0.1) is 0 Å². The predicted molar refractivity (Wildman–Crippen MR) is 170 cm³/mol. The molecular weight excluding hydrogens is 516 g/mol. The topological polar surface area (TPSA) is 64.7 Å². The standard InChI is InChI=1S/C37H26N4O/c1-23-6-4-9-29(20-23)35-39-34(40-36(41-35)30-16-13-24-7-2-3-8-27(24)21-30)26-14-11-25(12-15-26)28-17-18-33-32(22-28)31-10-5-19-38-37(31)42-33/h2-19,21-23H,20H2,1H3/t23-/m1/s1. The van der Waals surface area contributed by atoms with Crippen LogP contribution in [0.15, 0.2) is 126 Å². The Labute approximate surface area is 242 Å². The van der Waals surface area contributed by atoms with Gasteiger partial charge >= 0.3 is 0 Å². The van der Waals surface area contributed by atoms with E-state index in [-0.39, 0.29) is 0 Å². The highest BCUT2D eigenvalue weighted by atomic mass is 16.3. The Kier molecular flexibility index (Phi) is 5.74. The number of rotatable bonds is 4. The van der Waals surface area contributed by atoms with Crippen LogP contribution in [0.2, 0.25) is 0 Å². The zero-order valence-corrected chi connectivity index (χ0v) is 23.0. The maximum Gasteiger partial charge on any atom is 0.227 e. The van der Waals surface area contributed by atoms with Crippen molar-refractivity contribution in [2.75, 3.05) is 0 Å². The van der Waals surface area contributed by atoms with Crippen molar-refractivity contribution < 1.29 is 4.42 Å². The summed E-state index contributed by atoms with van der Waals surface area (Å²) in [6.45, 7) is 2.22. The maximum atomic E-state index is 5.92. The molecule has 0 amide bonds. The third-order valence-corrected chi connectivity index (χ3v) is 7.93. The molecule has 0 bridgehead atoms. The van der Waals surface area contributed by atoms with Gasteiger partial charge in [0.25, 0.3) is 0 Å². The van der Waals surface area contributed by atoms with Crippen LogP contribution in [0, 0.1) is 5.92 Å². The fourth-order valence-electron chi connectivity index (χ4n) is 5.72. The van der Waals surface area contributed by atoms with Crippen LogP contribution in [0.5, 0.6) is 0 Å². The summed E-state index contributed by atoms with van der Waals surface area (Å²) >= 11 is 0. The lowest BCUT2D eigenvalue weighted by molar-refractivity contribution is 0.654. The number of nitrogens with zero attached hydrogens (tertiary/aromatic N) is 4. The molecule has 0 aliphatic heterocycles. The average molecular weight is 543 g/mol. The summed E-state index contributed by atoms with van der Waals surface area (Å²) in [7, 11) is 0. The van der Waals surface area contributed by atoms with Crippen LogP contribution in [0.4, 0.5) is 0 Å². The summed E-state index contributed by atoms with van der Waals surface area (Å²) < 4.78 is 5.92. The van der Waals surface area contributed by atoms with Gasteiger partial charge in [0, 0.05) is 28.1 Å². The molecule has 1 atom stereocenters. The minimum absolute atomic E-state index is 0.439. The summed E-state index contributed by atoms with van der Waals surface area (Å²) in [6.07, 6.45) is 9.10. The van der Waals surface area contributed by atoms with Crippen LogP contribution in [-0.4, -0.2) is 19.9 Å². The van der Waals surface area contributed by atoms with Crippen molar-refractivity contribution in [3.63, 3.8) is 0 Å². The first kappa shape index (κ1) is 24.4. The van der Waals surface area contributed by atoms with E-state index in [0.29, 0.717) is 23.3 Å². The van der Waals surface area contributed by atoms with E-state index in [1.54, 1.807) is 6.20 Å². The van der Waals surface area contributed by atoms with E-state index in [4.69, 9.17) is 19.4 Å². The molecule has 0 unspecified atom stereocenters. The Balaban J connectivity index is 1.21. The lowest BCUT2D eigenvalue weighted by atomic mass is 9.95. The summed E-state index contributed by atoms with van der Waals surface area (Å²) in [5, 5.41) is 4.43. The Morgan fingerprint density at radius 2 is 1.38 bits per heavy atom. The smallest absolute Gasteiger partial charge is 0.227 e. The lowest BCUT2D eigenvalue weighted by Crippen LogP contribution is -2.06. The van der Waals surface area contributed by atoms with Crippen molar-refractivity contribution in [2.24, 2.45) is 5.92 Å². The first-order valence-electron chi connectivity index (χ1n) is 14.2. The number of benzene rings is 4. The molecule has 42 heavy (non-hydrogen) atoms. The molecule has 0 fully saturated rings. The molecular formula is C37H26N4O. The SMILES string of the molecule is C[C@@H]1C=CC=C(c2nc(-c3ccc(-c4ccc5oc6ncccc6c5c4)cc3)nc(-c3ccc4ccccc4c3)n2)C1. The minimum Gasteiger partial charge on any atom is -0.438 e. The summed E-state index contributed by atoms with van der Waals surface area (Å²) in [6, 6.07) is 33.4. The minimum atomic E-state index is 0.439. The van der Waals surface area contributed by atoms with Gasteiger partial charge in [0.2, 0.25) is 5.71 Å². The Morgan fingerprint density at radius 1 is 0.643 bits per heavy atom. The average Bonchev–Trinajstić information content (AvgIpc) is 3.42. The predicted octanol–water partition coefficient (Wildman–Crippen LogP) is 9.30. The van der Waals surface area contributed by atoms with Crippen molar-refractivity contribution >= 4 is 38.4 Å². The largest absolute Gasteiger partial charge is 0.438 e. The zero-order valence-electron chi connectivity index (χ0n) is 23.0. The highest BCUT2D eigenvalue weighted by molar-refractivity contribution is 6.05. The fourth-order valence-corrected chi connectivity index (χ4v) is 5.72. The van der Waals surface area contributed by atoms with E-state index >= 15 is 0 Å². The van der Waals surface area contributed by atoms with Crippen molar-refractivity contribution in [1.29, 1.82) is 0 Å². The van der Waals surface area contributed by atoms with Gasteiger partial charge in [-0.2, -0.15) is 0 Å². The number of aromatic nitrogens is 4. The molecule has 3 aromatic heterocycles. The molecule has 0 saturated heterocycles. The molecule has 4 aromatic carbocycles. The van der Waals surface area contributed by atoms with Crippen LogP contribution in [-0.2, 0) is 0 Å². The Bertz CT molecular complexity index is 2190. The van der Waals surface area contributed by atoms with Gasteiger partial charge < -0.3 is 4.42 Å². The molecule has 1 aliphatic rings. The van der Waals surface area contributed by atoms with Crippen LogP contribution < -0.4 is 0 Å². The molecule has 0 saturated carbocycles. The number of fused-ring (bicyclic) bond motifs is 4. The fraction of sp³-hybridized carbons (Fsp3) is 0.0811. The molecule has 0 spiro atoms. The molecule has 8 rings (SSSR count). The molecule has 0 radical (unpaired) electrons. The summed E-state index contributed by atoms with van der Waals surface area (Å²) in [5.74, 6) is 2.52. The number of furan rings is 1. The summed E-state index contributed by atoms with van der Waals surface area (Å²) in [5.41, 5.74) is 6.77. The van der Waals surface area contributed by atoms with E-state index in [9.17, 15) is 0 Å². The molecule has 5 heteroatoms. The highest BCUT2D eigenvalue weighted by Crippen LogP contribution is 2.33. The normalized spacial score (nSPS) is 15.0. The molecule has 200 valence electrons. The van der Waals surface area contributed by atoms with Gasteiger partial charge in [-0.1, -0.05) is 91.9 Å². The van der Waals surface area contributed by atoms with Crippen LogP contribution in [0.1, 0.15) is 19.2 Å². The van der Waals surface area contributed by atoms with Crippen molar-refractivity contribution in [3.05, 3.63) is 127 Å². The number of hydrogen-bond donors (Lipinski definition) is 0. The molecule has 7 aromatic rings. The van der Waals surface area contributed by atoms with Crippen LogP contribution in [0.3, 0.4) is 0 Å².